The maximum absolute atomic E-state index is 13.5. The van der Waals surface area contributed by atoms with Crippen LogP contribution < -0.4 is 5.73 Å². The number of nitrogens with two attached hydrogens (primary N) is 1. The summed E-state index contributed by atoms with van der Waals surface area (Å²) in [6, 6.07) is 3.26. The molecular weight excluding hydrogens is 248 g/mol. The number of nitrogens with one attached hydrogen (secondary N) is 1. The van der Waals surface area contributed by atoms with Crippen molar-refractivity contribution in [2.24, 2.45) is 5.73 Å². The molecule has 0 spiro atoms. The molecule has 90 valence electrons. The lowest BCUT2D eigenvalue weighted by Crippen LogP contribution is -2.03. The minimum Gasteiger partial charge on any atom is -0.332 e. The first-order chi connectivity index (χ1) is 8.11. The van der Waals surface area contributed by atoms with Crippen LogP contribution in [0.15, 0.2) is 18.2 Å². The summed E-state index contributed by atoms with van der Waals surface area (Å²) in [5.74, 6) is -0.756. The molecule has 6 heteroatoms. The van der Waals surface area contributed by atoms with Gasteiger partial charge in [-0.25, -0.2) is 13.8 Å². The third kappa shape index (κ3) is 2.45. The second kappa shape index (κ2) is 4.81. The molecule has 0 unspecified atom stereocenters. The number of aromatic nitrogens is 2. The van der Waals surface area contributed by atoms with E-state index < -0.39 is 11.6 Å². The minimum absolute atomic E-state index is 0.163. The van der Waals surface area contributed by atoms with Gasteiger partial charge in [-0.3, -0.25) is 0 Å². The molecule has 0 bridgehead atoms. The number of hydrogen-bond acceptors (Lipinski definition) is 2. The van der Waals surface area contributed by atoms with Crippen molar-refractivity contribution >= 4 is 11.6 Å². The highest BCUT2D eigenvalue weighted by molar-refractivity contribution is 6.31. The van der Waals surface area contributed by atoms with Crippen molar-refractivity contribution in [1.82, 2.24) is 9.97 Å². The lowest BCUT2D eigenvalue weighted by Gasteiger charge is -1.99. The quantitative estimate of drug-likeness (QED) is 0.888. The highest BCUT2D eigenvalue weighted by atomic mass is 35.5. The van der Waals surface area contributed by atoms with Crippen LogP contribution >= 0.6 is 11.6 Å². The molecule has 3 N–H and O–H groups in total. The zero-order valence-electron chi connectivity index (χ0n) is 8.80. The Kier molecular flexibility index (Phi) is 3.40. The standard InChI is InChI=1S/C11H10ClF2N3/c12-11-10(16-9(17-11)3-4-15)7-2-1-6(13)5-8(7)14/h1-2,5H,3-4,15H2,(H,16,17). The SMILES string of the molecule is NCCc1nc(-c2ccc(F)cc2F)c(Cl)[nH]1. The van der Waals surface area contributed by atoms with E-state index in [-0.39, 0.29) is 16.4 Å². The predicted octanol–water partition coefficient (Wildman–Crippen LogP) is 2.51. The molecule has 0 fully saturated rings. The number of nitrogens with zero attached hydrogens (tertiary/aromatic N) is 1. The Morgan fingerprint density at radius 2 is 2.12 bits per heavy atom. The summed E-state index contributed by atoms with van der Waals surface area (Å²) < 4.78 is 26.3. The molecule has 3 nitrogen and oxygen atoms in total. The van der Waals surface area contributed by atoms with Crippen LogP contribution in [0.5, 0.6) is 0 Å². The van der Waals surface area contributed by atoms with Gasteiger partial charge in [0.15, 0.2) is 0 Å². The third-order valence-electron chi connectivity index (χ3n) is 2.28. The highest BCUT2D eigenvalue weighted by Gasteiger charge is 2.14. The molecule has 0 radical (unpaired) electrons. The van der Waals surface area contributed by atoms with Crippen LogP contribution in [0, 0.1) is 11.6 Å². The van der Waals surface area contributed by atoms with Gasteiger partial charge < -0.3 is 10.7 Å². The van der Waals surface area contributed by atoms with Crippen molar-refractivity contribution in [1.29, 1.82) is 0 Å². The van der Waals surface area contributed by atoms with Gasteiger partial charge in [-0.15, -0.1) is 0 Å². The summed E-state index contributed by atoms with van der Waals surface area (Å²) in [6.07, 6.45) is 0.516. The average molecular weight is 258 g/mol. The molecule has 0 saturated heterocycles. The lowest BCUT2D eigenvalue weighted by molar-refractivity contribution is 0.585. The minimum atomic E-state index is -0.697. The van der Waals surface area contributed by atoms with E-state index in [2.05, 4.69) is 9.97 Å². The monoisotopic (exact) mass is 257 g/mol. The second-order valence-corrected chi connectivity index (χ2v) is 3.89. The topological polar surface area (TPSA) is 54.7 Å². The lowest BCUT2D eigenvalue weighted by atomic mass is 10.1. The van der Waals surface area contributed by atoms with Crippen LogP contribution in [0.3, 0.4) is 0 Å². The summed E-state index contributed by atoms with van der Waals surface area (Å²) in [5, 5.41) is 0.221. The van der Waals surface area contributed by atoms with Gasteiger partial charge in [-0.05, 0) is 18.7 Å². The van der Waals surface area contributed by atoms with Gasteiger partial charge in [0, 0.05) is 18.1 Å². The van der Waals surface area contributed by atoms with Crippen molar-refractivity contribution < 1.29 is 8.78 Å². The normalized spacial score (nSPS) is 10.8. The zero-order chi connectivity index (χ0) is 12.4. The summed E-state index contributed by atoms with van der Waals surface area (Å²) >= 11 is 5.91. The second-order valence-electron chi connectivity index (χ2n) is 3.51. The van der Waals surface area contributed by atoms with Gasteiger partial charge in [0.25, 0.3) is 0 Å². The maximum Gasteiger partial charge on any atom is 0.135 e. The molecular formula is C11H10ClF2N3. The van der Waals surface area contributed by atoms with Crippen molar-refractivity contribution in [3.63, 3.8) is 0 Å². The van der Waals surface area contributed by atoms with Crippen LogP contribution in [0.2, 0.25) is 5.15 Å². The summed E-state index contributed by atoms with van der Waals surface area (Å²) in [7, 11) is 0. The van der Waals surface area contributed by atoms with E-state index in [1.54, 1.807) is 0 Å². The predicted molar refractivity (Wildman–Crippen MR) is 61.7 cm³/mol. The fraction of sp³-hybridized carbons (Fsp3) is 0.182. The van der Waals surface area contributed by atoms with E-state index in [0.29, 0.717) is 18.8 Å². The molecule has 0 aliphatic carbocycles. The Labute approximate surface area is 102 Å². The van der Waals surface area contributed by atoms with Crippen LogP contribution in [-0.2, 0) is 6.42 Å². The van der Waals surface area contributed by atoms with Crippen molar-refractivity contribution in [3.8, 4) is 11.3 Å². The van der Waals surface area contributed by atoms with Crippen molar-refractivity contribution in [3.05, 3.63) is 40.8 Å². The van der Waals surface area contributed by atoms with E-state index in [1.807, 2.05) is 0 Å². The molecule has 2 aromatic rings. The Hall–Kier alpha value is -1.46. The molecule has 1 heterocycles. The first-order valence-corrected chi connectivity index (χ1v) is 5.39. The Morgan fingerprint density at radius 3 is 2.76 bits per heavy atom. The van der Waals surface area contributed by atoms with E-state index >= 15 is 0 Å². The number of benzene rings is 1. The highest BCUT2D eigenvalue weighted by Crippen LogP contribution is 2.28. The number of aromatic amines is 1. The molecule has 1 aromatic heterocycles. The number of imidazole rings is 1. The molecule has 17 heavy (non-hydrogen) atoms. The van der Waals surface area contributed by atoms with Crippen LogP contribution in [0.25, 0.3) is 11.3 Å². The molecule has 2 rings (SSSR count). The smallest absolute Gasteiger partial charge is 0.135 e. The first kappa shape index (κ1) is 12.0. The van der Waals surface area contributed by atoms with Crippen molar-refractivity contribution in [2.45, 2.75) is 6.42 Å². The van der Waals surface area contributed by atoms with Crippen LogP contribution in [-0.4, -0.2) is 16.5 Å². The van der Waals surface area contributed by atoms with E-state index in [1.165, 1.54) is 6.07 Å². The average Bonchev–Trinajstić information content (AvgIpc) is 2.60. The molecule has 1 aromatic carbocycles. The molecule has 0 aliphatic heterocycles. The molecule has 0 atom stereocenters. The van der Waals surface area contributed by atoms with Gasteiger partial charge in [0.2, 0.25) is 0 Å². The summed E-state index contributed by atoms with van der Waals surface area (Å²) in [4.78, 5) is 6.93. The van der Waals surface area contributed by atoms with Gasteiger partial charge in [0.1, 0.15) is 28.3 Å². The Balaban J connectivity index is 2.45. The van der Waals surface area contributed by atoms with E-state index in [9.17, 15) is 8.78 Å². The largest absolute Gasteiger partial charge is 0.332 e. The van der Waals surface area contributed by atoms with Crippen LogP contribution in [0.1, 0.15) is 5.82 Å². The van der Waals surface area contributed by atoms with Gasteiger partial charge in [0.05, 0.1) is 0 Å². The van der Waals surface area contributed by atoms with Crippen molar-refractivity contribution in [2.75, 3.05) is 6.54 Å². The number of rotatable bonds is 3. The Morgan fingerprint density at radius 1 is 1.35 bits per heavy atom. The molecule has 0 aliphatic rings. The zero-order valence-corrected chi connectivity index (χ0v) is 9.56. The molecule has 0 amide bonds. The van der Waals surface area contributed by atoms with Crippen LogP contribution in [0.4, 0.5) is 8.78 Å². The number of H-pyrrole nitrogens is 1. The number of hydrogen-bond donors (Lipinski definition) is 2. The number of halogens is 3. The molecule has 0 saturated carbocycles. The summed E-state index contributed by atoms with van der Waals surface area (Å²) in [5.41, 5.74) is 5.82. The Bertz CT molecular complexity index is 540. The summed E-state index contributed by atoms with van der Waals surface area (Å²) in [6.45, 7) is 0.412. The fourth-order valence-corrected chi connectivity index (χ4v) is 1.77. The van der Waals surface area contributed by atoms with Gasteiger partial charge in [-0.2, -0.15) is 0 Å². The van der Waals surface area contributed by atoms with Gasteiger partial charge in [-0.1, -0.05) is 11.6 Å². The van der Waals surface area contributed by atoms with Gasteiger partial charge >= 0.3 is 0 Å². The fourth-order valence-electron chi connectivity index (χ4n) is 1.51. The maximum atomic E-state index is 13.5. The van der Waals surface area contributed by atoms with E-state index in [0.717, 1.165) is 12.1 Å². The first-order valence-electron chi connectivity index (χ1n) is 5.01. The third-order valence-corrected chi connectivity index (χ3v) is 2.55. The van der Waals surface area contributed by atoms with E-state index in [4.69, 9.17) is 17.3 Å².